The van der Waals surface area contributed by atoms with Crippen LogP contribution in [0.3, 0.4) is 0 Å². The zero-order valence-corrected chi connectivity index (χ0v) is 12.9. The maximum absolute atomic E-state index is 11.7. The maximum atomic E-state index is 11.7. The monoisotopic (exact) mass is 290 g/mol. The average Bonchev–Trinajstić information content (AvgIpc) is 2.90. The molecule has 0 bridgehead atoms. The van der Waals surface area contributed by atoms with Crippen molar-refractivity contribution in [3.8, 4) is 10.4 Å². The molecule has 0 radical (unpaired) electrons. The molecule has 0 unspecified atom stereocenters. The lowest BCUT2D eigenvalue weighted by molar-refractivity contribution is 0.0607. The summed E-state index contributed by atoms with van der Waals surface area (Å²) in [6, 6.07) is 10.2. The molecular formula is C15H18N2O2S. The van der Waals surface area contributed by atoms with E-state index in [2.05, 4.69) is 34.5 Å². The second kappa shape index (κ2) is 5.96. The molecule has 0 atom stereocenters. The fraction of sp³-hybridized carbons (Fsp3) is 0.267. The van der Waals surface area contributed by atoms with Crippen molar-refractivity contribution < 1.29 is 9.53 Å². The van der Waals surface area contributed by atoms with Crippen molar-refractivity contribution >= 4 is 28.7 Å². The van der Waals surface area contributed by atoms with Crippen LogP contribution in [0.5, 0.6) is 0 Å². The third-order valence-electron chi connectivity index (χ3n) is 3.04. The van der Waals surface area contributed by atoms with E-state index in [0.29, 0.717) is 4.88 Å². The van der Waals surface area contributed by atoms with E-state index in [-0.39, 0.29) is 5.97 Å². The summed E-state index contributed by atoms with van der Waals surface area (Å²) in [5.74, 6) is -0.310. The molecule has 0 aliphatic carbocycles. The molecule has 1 aromatic heterocycles. The van der Waals surface area contributed by atoms with Gasteiger partial charge in [0.2, 0.25) is 0 Å². The number of rotatable bonds is 4. The molecule has 1 heterocycles. The highest BCUT2D eigenvalue weighted by atomic mass is 32.1. The number of nitrogens with zero attached hydrogens (tertiary/aromatic N) is 1. The normalized spacial score (nSPS) is 10.2. The number of nitrogens with one attached hydrogen (secondary N) is 1. The molecule has 0 fully saturated rings. The molecule has 1 N–H and O–H groups in total. The van der Waals surface area contributed by atoms with Gasteiger partial charge in [0.15, 0.2) is 0 Å². The topological polar surface area (TPSA) is 41.6 Å². The van der Waals surface area contributed by atoms with Crippen LogP contribution in [0.4, 0.5) is 11.4 Å². The highest BCUT2D eigenvalue weighted by Crippen LogP contribution is 2.35. The van der Waals surface area contributed by atoms with Crippen molar-refractivity contribution in [3.63, 3.8) is 0 Å². The van der Waals surface area contributed by atoms with Gasteiger partial charge in [0.05, 0.1) is 12.8 Å². The Morgan fingerprint density at radius 3 is 2.40 bits per heavy atom. The van der Waals surface area contributed by atoms with E-state index in [0.717, 1.165) is 21.8 Å². The van der Waals surface area contributed by atoms with Crippen LogP contribution in [0.25, 0.3) is 10.4 Å². The molecule has 0 spiro atoms. The number of anilines is 2. The summed E-state index contributed by atoms with van der Waals surface area (Å²) in [5, 5.41) is 3.03. The lowest BCUT2D eigenvalue weighted by Crippen LogP contribution is -2.07. The van der Waals surface area contributed by atoms with Gasteiger partial charge < -0.3 is 15.0 Å². The van der Waals surface area contributed by atoms with Gasteiger partial charge in [-0.2, -0.15) is 0 Å². The summed E-state index contributed by atoms with van der Waals surface area (Å²) in [6.07, 6.45) is 0. The summed E-state index contributed by atoms with van der Waals surface area (Å²) in [4.78, 5) is 15.4. The van der Waals surface area contributed by atoms with Crippen LogP contribution in [-0.2, 0) is 4.74 Å². The van der Waals surface area contributed by atoms with E-state index >= 15 is 0 Å². The predicted molar refractivity (Wildman–Crippen MR) is 85.0 cm³/mol. The zero-order valence-electron chi connectivity index (χ0n) is 12.1. The Kier molecular flexibility index (Phi) is 4.29. The first-order valence-corrected chi connectivity index (χ1v) is 7.06. The lowest BCUT2D eigenvalue weighted by Gasteiger charge is -2.12. The number of ether oxygens (including phenoxy) is 1. The maximum Gasteiger partial charge on any atom is 0.350 e. The van der Waals surface area contributed by atoms with Gasteiger partial charge in [0, 0.05) is 31.7 Å². The Balaban J connectivity index is 2.37. The van der Waals surface area contributed by atoms with E-state index in [1.807, 2.05) is 20.2 Å². The Hall–Kier alpha value is -2.01. The van der Waals surface area contributed by atoms with Crippen molar-refractivity contribution in [2.45, 2.75) is 0 Å². The first-order valence-electron chi connectivity index (χ1n) is 6.24. The number of benzene rings is 1. The summed E-state index contributed by atoms with van der Waals surface area (Å²) < 4.78 is 4.80. The molecule has 0 aliphatic rings. The van der Waals surface area contributed by atoms with E-state index in [9.17, 15) is 4.79 Å². The van der Waals surface area contributed by atoms with Crippen LogP contribution in [0.2, 0.25) is 0 Å². The number of methoxy groups -OCH3 is 1. The number of esters is 1. The van der Waals surface area contributed by atoms with Crippen molar-refractivity contribution in [1.82, 2.24) is 0 Å². The highest BCUT2D eigenvalue weighted by molar-refractivity contribution is 7.18. The zero-order chi connectivity index (χ0) is 14.7. The summed E-state index contributed by atoms with van der Waals surface area (Å²) in [5.41, 5.74) is 3.04. The molecule has 0 saturated carbocycles. The van der Waals surface area contributed by atoms with Crippen molar-refractivity contribution in [3.05, 3.63) is 35.2 Å². The molecule has 2 aromatic rings. The molecule has 106 valence electrons. The standard InChI is InChI=1S/C15H18N2O2S/c1-16-12-9-13(20-14(12)15(18)19-4)10-5-7-11(8-6-10)17(2)3/h5-9,16H,1-4H3. The Labute approximate surface area is 123 Å². The number of thiophene rings is 1. The van der Waals surface area contributed by atoms with Crippen molar-refractivity contribution in [1.29, 1.82) is 0 Å². The van der Waals surface area contributed by atoms with E-state index < -0.39 is 0 Å². The van der Waals surface area contributed by atoms with Crippen LogP contribution in [0.1, 0.15) is 9.67 Å². The fourth-order valence-electron chi connectivity index (χ4n) is 1.89. The molecule has 0 amide bonds. The van der Waals surface area contributed by atoms with Gasteiger partial charge >= 0.3 is 5.97 Å². The van der Waals surface area contributed by atoms with Crippen LogP contribution in [0, 0.1) is 0 Å². The highest BCUT2D eigenvalue weighted by Gasteiger charge is 2.16. The molecule has 20 heavy (non-hydrogen) atoms. The van der Waals surface area contributed by atoms with E-state index in [1.165, 1.54) is 18.4 Å². The molecular weight excluding hydrogens is 272 g/mol. The fourth-order valence-corrected chi connectivity index (χ4v) is 2.98. The van der Waals surface area contributed by atoms with Gasteiger partial charge in [-0.15, -0.1) is 11.3 Å². The Morgan fingerprint density at radius 1 is 1.25 bits per heavy atom. The number of carbonyl (C=O) groups is 1. The molecule has 0 saturated heterocycles. The Morgan fingerprint density at radius 2 is 1.90 bits per heavy atom. The quantitative estimate of drug-likeness (QED) is 0.877. The second-order valence-corrected chi connectivity index (χ2v) is 5.59. The van der Waals surface area contributed by atoms with Crippen LogP contribution in [-0.4, -0.2) is 34.2 Å². The third kappa shape index (κ3) is 2.77. The molecule has 0 aliphatic heterocycles. The predicted octanol–water partition coefficient (Wildman–Crippen LogP) is 3.31. The van der Waals surface area contributed by atoms with Gasteiger partial charge in [0.1, 0.15) is 4.88 Å². The lowest BCUT2D eigenvalue weighted by atomic mass is 10.1. The van der Waals surface area contributed by atoms with Gasteiger partial charge in [-0.3, -0.25) is 0 Å². The largest absolute Gasteiger partial charge is 0.465 e. The Bertz CT molecular complexity index is 603. The first kappa shape index (κ1) is 14.4. The summed E-state index contributed by atoms with van der Waals surface area (Å²) in [6.45, 7) is 0. The smallest absolute Gasteiger partial charge is 0.350 e. The van der Waals surface area contributed by atoms with E-state index in [1.54, 1.807) is 7.05 Å². The average molecular weight is 290 g/mol. The van der Waals surface area contributed by atoms with E-state index in [4.69, 9.17) is 4.74 Å². The van der Waals surface area contributed by atoms with Gasteiger partial charge in [-0.25, -0.2) is 4.79 Å². The first-order chi connectivity index (χ1) is 9.56. The molecule has 4 nitrogen and oxygen atoms in total. The van der Waals surface area contributed by atoms with Crippen LogP contribution >= 0.6 is 11.3 Å². The minimum absolute atomic E-state index is 0.310. The van der Waals surface area contributed by atoms with Gasteiger partial charge in [0.25, 0.3) is 0 Å². The number of carbonyl (C=O) groups excluding carboxylic acids is 1. The summed E-state index contributed by atoms with van der Waals surface area (Å²) in [7, 11) is 7.21. The minimum Gasteiger partial charge on any atom is -0.465 e. The SMILES string of the molecule is CNc1cc(-c2ccc(N(C)C)cc2)sc1C(=O)OC. The second-order valence-electron chi connectivity index (χ2n) is 4.54. The summed E-state index contributed by atoms with van der Waals surface area (Å²) >= 11 is 1.43. The molecule has 2 rings (SSSR count). The minimum atomic E-state index is -0.310. The molecule has 1 aromatic carbocycles. The van der Waals surface area contributed by atoms with Gasteiger partial charge in [-0.1, -0.05) is 12.1 Å². The van der Waals surface area contributed by atoms with Crippen LogP contribution in [0.15, 0.2) is 30.3 Å². The van der Waals surface area contributed by atoms with Gasteiger partial charge in [-0.05, 0) is 23.8 Å². The van der Waals surface area contributed by atoms with Crippen LogP contribution < -0.4 is 10.2 Å². The van der Waals surface area contributed by atoms with Crippen molar-refractivity contribution in [2.24, 2.45) is 0 Å². The third-order valence-corrected chi connectivity index (χ3v) is 4.20. The number of hydrogen-bond acceptors (Lipinski definition) is 5. The molecule has 5 heteroatoms. The number of hydrogen-bond donors (Lipinski definition) is 1. The van der Waals surface area contributed by atoms with Crippen molar-refractivity contribution in [2.75, 3.05) is 38.5 Å².